The summed E-state index contributed by atoms with van der Waals surface area (Å²) in [6.45, 7) is 1.15. The minimum Gasteiger partial charge on any atom is -0.494 e. The van der Waals surface area contributed by atoms with Crippen molar-refractivity contribution in [2.24, 2.45) is 0 Å². The average Bonchev–Trinajstić information content (AvgIpc) is 2.89. The highest BCUT2D eigenvalue weighted by molar-refractivity contribution is 7.90. The maximum atomic E-state index is 13.4. The van der Waals surface area contributed by atoms with Crippen LogP contribution in [0, 0.1) is 5.82 Å². The molecule has 0 aromatic heterocycles. The van der Waals surface area contributed by atoms with E-state index in [0.29, 0.717) is 31.5 Å². The Hall–Kier alpha value is -3.15. The van der Waals surface area contributed by atoms with Crippen LogP contribution in [0.3, 0.4) is 0 Å². The fourth-order valence-corrected chi connectivity index (χ4v) is 5.20. The molecule has 40 heavy (non-hydrogen) atoms. The van der Waals surface area contributed by atoms with E-state index in [4.69, 9.17) is 16.3 Å². The molecule has 0 atom stereocenters. The van der Waals surface area contributed by atoms with Crippen molar-refractivity contribution in [1.82, 2.24) is 4.90 Å². The van der Waals surface area contributed by atoms with Crippen LogP contribution in [0.25, 0.3) is 0 Å². The number of esters is 1. The molecule has 216 valence electrons. The summed E-state index contributed by atoms with van der Waals surface area (Å²) < 4.78 is 88.1. The predicted octanol–water partition coefficient (Wildman–Crippen LogP) is 6.20. The summed E-state index contributed by atoms with van der Waals surface area (Å²) in [6.07, 6.45) is -2.66. The number of benzene rings is 3. The number of methoxy groups -OCH3 is 1. The number of alkyl halides is 3. The maximum absolute atomic E-state index is 13.4. The minimum absolute atomic E-state index is 0.109. The molecule has 0 amide bonds. The molecule has 0 fully saturated rings. The standard InChI is InChI=1S/C28H28ClF4NO5S/c1-38-27(35)23-12-11-22(17-25(23)40(2,36)37)39-16-4-14-34(15-13-19-7-9-21(30)10-8-19)18-20-5-3-6-24(26(20)29)28(31,32)33/h3,5-12,17H,4,13-16,18H2,1-2H3. The molecule has 0 aliphatic carbocycles. The Bertz CT molecular complexity index is 1430. The van der Waals surface area contributed by atoms with Gasteiger partial charge in [0.15, 0.2) is 9.84 Å². The van der Waals surface area contributed by atoms with Gasteiger partial charge in [0.1, 0.15) is 11.6 Å². The molecule has 3 rings (SSSR count). The molecule has 3 aromatic rings. The molecule has 0 bridgehead atoms. The topological polar surface area (TPSA) is 72.9 Å². The van der Waals surface area contributed by atoms with Crippen LogP contribution < -0.4 is 4.74 Å². The number of nitrogens with zero attached hydrogens (tertiary/aromatic N) is 1. The van der Waals surface area contributed by atoms with Crippen molar-refractivity contribution in [2.75, 3.05) is 33.1 Å². The Balaban J connectivity index is 1.71. The largest absolute Gasteiger partial charge is 0.494 e. The highest BCUT2D eigenvalue weighted by Crippen LogP contribution is 2.36. The second-order valence-electron chi connectivity index (χ2n) is 9.05. The zero-order chi connectivity index (χ0) is 29.5. The second kappa shape index (κ2) is 13.5. The van der Waals surface area contributed by atoms with Crippen molar-refractivity contribution >= 4 is 27.4 Å². The first-order valence-corrected chi connectivity index (χ1v) is 14.4. The van der Waals surface area contributed by atoms with Crippen LogP contribution in [0.2, 0.25) is 5.02 Å². The number of carbonyl (C=O) groups excluding carboxylic acids is 1. The summed E-state index contributed by atoms with van der Waals surface area (Å²) in [6, 6.07) is 13.8. The van der Waals surface area contributed by atoms with E-state index in [9.17, 15) is 30.8 Å². The Morgan fingerprint density at radius 2 is 1.73 bits per heavy atom. The van der Waals surface area contributed by atoms with Crippen molar-refractivity contribution in [3.8, 4) is 5.75 Å². The smallest absolute Gasteiger partial charge is 0.417 e. The van der Waals surface area contributed by atoms with E-state index in [1.165, 1.54) is 42.5 Å². The van der Waals surface area contributed by atoms with Crippen LogP contribution in [-0.4, -0.2) is 52.3 Å². The number of hydrogen-bond donors (Lipinski definition) is 0. The third kappa shape index (κ3) is 8.67. The van der Waals surface area contributed by atoms with E-state index < -0.39 is 27.5 Å². The van der Waals surface area contributed by atoms with Gasteiger partial charge in [-0.05, 0) is 60.4 Å². The third-order valence-electron chi connectivity index (χ3n) is 6.05. The fourth-order valence-electron chi connectivity index (χ4n) is 4.03. The second-order valence-corrected chi connectivity index (χ2v) is 11.4. The molecule has 0 radical (unpaired) electrons. The third-order valence-corrected chi connectivity index (χ3v) is 7.64. The maximum Gasteiger partial charge on any atom is 0.417 e. The van der Waals surface area contributed by atoms with Crippen LogP contribution in [0.15, 0.2) is 65.6 Å². The van der Waals surface area contributed by atoms with Crippen molar-refractivity contribution in [1.29, 1.82) is 0 Å². The van der Waals surface area contributed by atoms with Crippen LogP contribution in [0.1, 0.15) is 33.5 Å². The molecule has 0 unspecified atom stereocenters. The summed E-state index contributed by atoms with van der Waals surface area (Å²) in [5, 5.41) is -0.364. The minimum atomic E-state index is -4.59. The molecule has 6 nitrogen and oxygen atoms in total. The lowest BCUT2D eigenvalue weighted by atomic mass is 10.1. The van der Waals surface area contributed by atoms with Gasteiger partial charge in [-0.2, -0.15) is 13.2 Å². The molecule has 3 aromatic carbocycles. The zero-order valence-corrected chi connectivity index (χ0v) is 23.4. The first kappa shape index (κ1) is 31.4. The number of ether oxygens (including phenoxy) is 2. The Labute approximate surface area is 235 Å². The van der Waals surface area contributed by atoms with Gasteiger partial charge < -0.3 is 9.47 Å². The monoisotopic (exact) mass is 601 g/mol. The van der Waals surface area contributed by atoms with E-state index in [0.717, 1.165) is 25.0 Å². The molecule has 0 saturated carbocycles. The number of carbonyl (C=O) groups is 1. The lowest BCUT2D eigenvalue weighted by Crippen LogP contribution is -2.28. The molecule has 0 aliphatic heterocycles. The van der Waals surface area contributed by atoms with Gasteiger partial charge in [0.05, 0.1) is 34.8 Å². The zero-order valence-electron chi connectivity index (χ0n) is 21.8. The summed E-state index contributed by atoms with van der Waals surface area (Å²) in [5.41, 5.74) is 0.150. The van der Waals surface area contributed by atoms with Gasteiger partial charge in [-0.15, -0.1) is 0 Å². The fraction of sp³-hybridized carbons (Fsp3) is 0.321. The average molecular weight is 602 g/mol. The van der Waals surface area contributed by atoms with Gasteiger partial charge in [0.2, 0.25) is 0 Å². The van der Waals surface area contributed by atoms with E-state index in [-0.39, 0.29) is 40.2 Å². The van der Waals surface area contributed by atoms with Crippen molar-refractivity contribution in [3.63, 3.8) is 0 Å². The van der Waals surface area contributed by atoms with Gasteiger partial charge in [-0.1, -0.05) is 35.9 Å². The molecular formula is C28H28ClF4NO5S. The summed E-state index contributed by atoms with van der Waals surface area (Å²) in [5.74, 6) is -0.934. The Morgan fingerprint density at radius 1 is 1.02 bits per heavy atom. The number of sulfone groups is 1. The summed E-state index contributed by atoms with van der Waals surface area (Å²) in [4.78, 5) is 13.6. The van der Waals surface area contributed by atoms with Crippen molar-refractivity contribution < 1.29 is 40.2 Å². The normalized spacial score (nSPS) is 12.0. The predicted molar refractivity (Wildman–Crippen MR) is 143 cm³/mol. The summed E-state index contributed by atoms with van der Waals surface area (Å²) in [7, 11) is -2.60. The molecule has 0 N–H and O–H groups in total. The van der Waals surface area contributed by atoms with Crippen LogP contribution in [-0.2, 0) is 33.7 Å². The molecular weight excluding hydrogens is 574 g/mol. The number of hydrogen-bond acceptors (Lipinski definition) is 6. The van der Waals surface area contributed by atoms with Gasteiger partial charge in [0.25, 0.3) is 0 Å². The molecule has 0 heterocycles. The molecule has 0 spiro atoms. The first-order chi connectivity index (χ1) is 18.8. The van der Waals surface area contributed by atoms with E-state index in [2.05, 4.69) is 4.74 Å². The van der Waals surface area contributed by atoms with E-state index in [1.54, 1.807) is 12.1 Å². The van der Waals surface area contributed by atoms with Crippen LogP contribution in [0.4, 0.5) is 17.6 Å². The van der Waals surface area contributed by atoms with Crippen molar-refractivity contribution in [3.05, 3.63) is 93.8 Å². The highest BCUT2D eigenvalue weighted by Gasteiger charge is 2.34. The number of halogens is 5. The van der Waals surface area contributed by atoms with Gasteiger partial charge >= 0.3 is 12.1 Å². The van der Waals surface area contributed by atoms with E-state index in [1.807, 2.05) is 4.90 Å². The van der Waals surface area contributed by atoms with Crippen LogP contribution in [0.5, 0.6) is 5.75 Å². The number of rotatable bonds is 12. The van der Waals surface area contributed by atoms with Gasteiger partial charge in [-0.3, -0.25) is 4.90 Å². The molecule has 12 heteroatoms. The highest BCUT2D eigenvalue weighted by atomic mass is 35.5. The SMILES string of the molecule is COC(=O)c1ccc(OCCCN(CCc2ccc(F)cc2)Cc2cccc(C(F)(F)F)c2Cl)cc1S(C)(=O)=O. The first-order valence-electron chi connectivity index (χ1n) is 12.2. The molecule has 0 aliphatic rings. The van der Waals surface area contributed by atoms with Gasteiger partial charge in [-0.25, -0.2) is 17.6 Å². The summed E-state index contributed by atoms with van der Waals surface area (Å²) >= 11 is 6.12. The van der Waals surface area contributed by atoms with Gasteiger partial charge in [0, 0.05) is 25.9 Å². The van der Waals surface area contributed by atoms with Crippen LogP contribution >= 0.6 is 11.6 Å². The molecule has 0 saturated heterocycles. The quantitative estimate of drug-likeness (QED) is 0.140. The van der Waals surface area contributed by atoms with E-state index >= 15 is 0 Å². The van der Waals surface area contributed by atoms with Crippen molar-refractivity contribution in [2.45, 2.75) is 30.5 Å². The lowest BCUT2D eigenvalue weighted by Gasteiger charge is -2.24. The Kier molecular flexibility index (Phi) is 10.6. The lowest BCUT2D eigenvalue weighted by molar-refractivity contribution is -0.137. The Morgan fingerprint density at radius 3 is 2.35 bits per heavy atom.